The molecule has 148 valence electrons. The fourth-order valence-corrected chi connectivity index (χ4v) is 4.25. The highest BCUT2D eigenvalue weighted by Crippen LogP contribution is 2.44. The van der Waals surface area contributed by atoms with Crippen LogP contribution in [0.15, 0.2) is 30.5 Å². The molecule has 3 atom stereocenters. The highest BCUT2D eigenvalue weighted by molar-refractivity contribution is 5.85. The van der Waals surface area contributed by atoms with E-state index < -0.39 is 5.82 Å². The Bertz CT molecular complexity index is 779. The van der Waals surface area contributed by atoms with Crippen LogP contribution in [0.5, 0.6) is 5.75 Å². The summed E-state index contributed by atoms with van der Waals surface area (Å²) in [6.07, 6.45) is 1.15. The van der Waals surface area contributed by atoms with E-state index >= 15 is 0 Å². The second-order valence-electron chi connectivity index (χ2n) is 6.89. The lowest BCUT2D eigenvalue weighted by molar-refractivity contribution is 0.279. The van der Waals surface area contributed by atoms with Gasteiger partial charge in [-0.3, -0.25) is 4.90 Å². The van der Waals surface area contributed by atoms with E-state index in [0.29, 0.717) is 23.8 Å². The van der Waals surface area contributed by atoms with Gasteiger partial charge in [-0.2, -0.15) is 4.98 Å². The lowest BCUT2D eigenvalue weighted by atomic mass is 9.89. The lowest BCUT2D eigenvalue weighted by Gasteiger charge is -2.27. The molecule has 4 rings (SSSR count). The Morgan fingerprint density at radius 3 is 2.48 bits per heavy atom. The van der Waals surface area contributed by atoms with Gasteiger partial charge in [-0.1, -0.05) is 12.1 Å². The summed E-state index contributed by atoms with van der Waals surface area (Å²) in [5, 5.41) is 0. The van der Waals surface area contributed by atoms with E-state index in [9.17, 15) is 4.39 Å². The topological polar surface area (TPSA) is 67.5 Å². The normalized spacial score (nSPS) is 24.1. The number of rotatable bonds is 3. The van der Waals surface area contributed by atoms with Crippen molar-refractivity contribution in [2.24, 2.45) is 11.8 Å². The van der Waals surface area contributed by atoms with Crippen LogP contribution in [0, 0.1) is 17.7 Å². The Kier molecular flexibility index (Phi) is 6.72. The average Bonchev–Trinajstić information content (AvgIpc) is 3.14. The predicted molar refractivity (Wildman–Crippen MR) is 108 cm³/mol. The molecule has 2 aromatic rings. The minimum atomic E-state index is -0.570. The Balaban J connectivity index is 0.00000131. The summed E-state index contributed by atoms with van der Waals surface area (Å²) in [5.41, 5.74) is 6.89. The third kappa shape index (κ3) is 3.90. The maximum Gasteiger partial charge on any atom is 0.227 e. The highest BCUT2D eigenvalue weighted by Gasteiger charge is 2.46. The van der Waals surface area contributed by atoms with E-state index in [2.05, 4.69) is 38.9 Å². The molecule has 0 radical (unpaired) electrons. The number of nitrogens with two attached hydrogens (primary N) is 1. The van der Waals surface area contributed by atoms with E-state index in [4.69, 9.17) is 10.5 Å². The van der Waals surface area contributed by atoms with Gasteiger partial charge in [-0.25, -0.2) is 9.37 Å². The lowest BCUT2D eigenvalue weighted by Crippen LogP contribution is -2.30. The Morgan fingerprint density at radius 1 is 1.15 bits per heavy atom. The van der Waals surface area contributed by atoms with Crippen LogP contribution in [-0.4, -0.2) is 48.7 Å². The first kappa shape index (κ1) is 21.5. The quantitative estimate of drug-likeness (QED) is 0.830. The van der Waals surface area contributed by atoms with Gasteiger partial charge in [-0.15, -0.1) is 24.8 Å². The van der Waals surface area contributed by atoms with Gasteiger partial charge >= 0.3 is 0 Å². The summed E-state index contributed by atoms with van der Waals surface area (Å²) >= 11 is 0. The number of aromatic nitrogens is 2. The molecule has 2 N–H and O–H groups in total. The maximum atomic E-state index is 13.3. The first-order valence-corrected chi connectivity index (χ1v) is 8.44. The average molecular weight is 416 g/mol. The fourth-order valence-electron chi connectivity index (χ4n) is 4.25. The number of halogens is 3. The predicted octanol–water partition coefficient (Wildman–Crippen LogP) is 2.79. The van der Waals surface area contributed by atoms with Crippen LogP contribution in [0.1, 0.15) is 11.6 Å². The molecule has 9 heteroatoms. The number of nitrogen functional groups attached to an aromatic ring is 1. The molecule has 0 saturated carbocycles. The van der Waals surface area contributed by atoms with Crippen molar-refractivity contribution >= 4 is 36.6 Å². The minimum Gasteiger partial charge on any atom is -0.497 e. The highest BCUT2D eigenvalue weighted by atomic mass is 35.5. The van der Waals surface area contributed by atoms with Gasteiger partial charge in [0.2, 0.25) is 5.95 Å². The molecule has 1 aromatic heterocycles. The molecule has 1 aromatic carbocycles. The van der Waals surface area contributed by atoms with Gasteiger partial charge in [-0.05, 0) is 30.7 Å². The van der Waals surface area contributed by atoms with Crippen LogP contribution in [0.3, 0.4) is 0 Å². The molecule has 2 aliphatic rings. The molecule has 2 saturated heterocycles. The van der Waals surface area contributed by atoms with Gasteiger partial charge in [0, 0.05) is 31.6 Å². The Hall–Kier alpha value is -1.83. The van der Waals surface area contributed by atoms with E-state index in [-0.39, 0.29) is 30.6 Å². The molecule has 0 bridgehead atoms. The van der Waals surface area contributed by atoms with E-state index in [0.717, 1.165) is 31.6 Å². The van der Waals surface area contributed by atoms with Gasteiger partial charge in [0.25, 0.3) is 0 Å². The first-order chi connectivity index (χ1) is 12.1. The van der Waals surface area contributed by atoms with E-state index in [1.165, 1.54) is 5.56 Å². The molecule has 2 aliphatic heterocycles. The molecule has 0 unspecified atom stereocenters. The second-order valence-corrected chi connectivity index (χ2v) is 6.89. The van der Waals surface area contributed by atoms with Crippen LogP contribution >= 0.6 is 24.8 Å². The minimum absolute atomic E-state index is 0. The SMILES string of the molecule is COc1ccc([C@@H]2[C@@H]3CN(c4ncc(F)c(N)n4)C[C@@H]3CN2C)cc1.Cl.Cl. The largest absolute Gasteiger partial charge is 0.497 e. The monoisotopic (exact) mass is 415 g/mol. The summed E-state index contributed by atoms with van der Waals surface area (Å²) in [6, 6.07) is 8.63. The number of hydrogen-bond donors (Lipinski definition) is 1. The molecule has 27 heavy (non-hydrogen) atoms. The molecule has 3 heterocycles. The fraction of sp³-hybridized carbons (Fsp3) is 0.444. The van der Waals surface area contributed by atoms with Crippen LogP contribution in [0.25, 0.3) is 0 Å². The number of fused-ring (bicyclic) bond motifs is 1. The molecule has 2 fully saturated rings. The zero-order valence-corrected chi connectivity index (χ0v) is 16.8. The number of methoxy groups -OCH3 is 1. The Labute approximate surface area is 170 Å². The number of ether oxygens (including phenoxy) is 1. The maximum absolute atomic E-state index is 13.3. The molecule has 0 spiro atoms. The molecular weight excluding hydrogens is 392 g/mol. The summed E-state index contributed by atoms with van der Waals surface area (Å²) < 4.78 is 18.6. The van der Waals surface area contributed by atoms with Crippen LogP contribution < -0.4 is 15.4 Å². The first-order valence-electron chi connectivity index (χ1n) is 8.44. The Morgan fingerprint density at radius 2 is 1.85 bits per heavy atom. The van der Waals surface area contributed by atoms with Gasteiger partial charge < -0.3 is 15.4 Å². The third-order valence-corrected chi connectivity index (χ3v) is 5.39. The van der Waals surface area contributed by atoms with Crippen molar-refractivity contribution in [1.29, 1.82) is 0 Å². The molecule has 0 amide bonds. The van der Waals surface area contributed by atoms with Crippen molar-refractivity contribution < 1.29 is 9.13 Å². The zero-order chi connectivity index (χ0) is 17.6. The van der Waals surface area contributed by atoms with Crippen LogP contribution in [-0.2, 0) is 0 Å². The van der Waals surface area contributed by atoms with Crippen LogP contribution in [0.2, 0.25) is 0 Å². The number of likely N-dealkylation sites (tertiary alicyclic amines) is 1. The van der Waals surface area contributed by atoms with Gasteiger partial charge in [0.1, 0.15) is 5.75 Å². The van der Waals surface area contributed by atoms with Crippen molar-refractivity contribution in [3.05, 3.63) is 41.8 Å². The molecular formula is C18H24Cl2FN5O. The summed E-state index contributed by atoms with van der Waals surface area (Å²) in [7, 11) is 3.85. The van der Waals surface area contributed by atoms with Gasteiger partial charge in [0.05, 0.1) is 13.3 Å². The van der Waals surface area contributed by atoms with Crippen LogP contribution in [0.4, 0.5) is 16.2 Å². The molecule has 0 aliphatic carbocycles. The smallest absolute Gasteiger partial charge is 0.227 e. The zero-order valence-electron chi connectivity index (χ0n) is 15.2. The molecule has 6 nitrogen and oxygen atoms in total. The van der Waals surface area contributed by atoms with E-state index in [1.807, 2.05) is 12.1 Å². The summed E-state index contributed by atoms with van der Waals surface area (Å²) in [4.78, 5) is 12.8. The summed E-state index contributed by atoms with van der Waals surface area (Å²) in [5.74, 6) is 1.73. The number of nitrogens with zero attached hydrogens (tertiary/aromatic N) is 4. The van der Waals surface area contributed by atoms with Crippen molar-refractivity contribution in [3.8, 4) is 5.75 Å². The standard InChI is InChI=1S/C18H22FN5O.2ClH/c1-23-8-12-9-24(18-21-7-15(19)17(20)22-18)10-14(12)16(23)11-3-5-13(25-2)6-4-11;;/h3-7,12,14,16H,8-10H2,1-2H3,(H2,20,21,22);2*1H/t12-,14+,16+;;/m0../s1. The second kappa shape index (κ2) is 8.46. The number of hydrogen-bond acceptors (Lipinski definition) is 6. The van der Waals surface area contributed by atoms with Crippen molar-refractivity contribution in [3.63, 3.8) is 0 Å². The van der Waals surface area contributed by atoms with Gasteiger partial charge in [0.15, 0.2) is 11.6 Å². The van der Waals surface area contributed by atoms with Crippen molar-refractivity contribution in [2.45, 2.75) is 6.04 Å². The van der Waals surface area contributed by atoms with Crippen molar-refractivity contribution in [1.82, 2.24) is 14.9 Å². The number of anilines is 2. The third-order valence-electron chi connectivity index (χ3n) is 5.39. The van der Waals surface area contributed by atoms with Crippen molar-refractivity contribution in [2.75, 3.05) is 44.4 Å². The van der Waals surface area contributed by atoms with E-state index in [1.54, 1.807) is 7.11 Å². The summed E-state index contributed by atoms with van der Waals surface area (Å²) in [6.45, 7) is 2.73. The number of benzene rings is 1.